The van der Waals surface area contributed by atoms with E-state index in [0.29, 0.717) is 3.63 Å². The zero-order valence-corrected chi connectivity index (χ0v) is 31.5. The standard InChI is InChI=1S/C27H29.C9H13.C3H6.2ClH.Zr/c1-16-7-9-26(3,4)24-12-18-11-19-13-25-21(17(2)8-10-27(25,5)6)15-23(19)22(18)14-20(16)24;1-9(2,3)8-6-4-5-7-8;1-3-2;;;/h7-8,11-15H,9-10H2,1-6H3;6-7H,4H2,1-3H3;1-2H3;2*1H;/q;;;;;+2/p-2. The fourth-order valence-corrected chi connectivity index (χ4v) is 15.9. The second-order valence-corrected chi connectivity index (χ2v) is 23.0. The van der Waals surface area contributed by atoms with Crippen LogP contribution in [0.5, 0.6) is 0 Å². The molecule has 0 spiro atoms. The van der Waals surface area contributed by atoms with Crippen molar-refractivity contribution in [2.24, 2.45) is 5.41 Å². The molecule has 0 aromatic heterocycles. The van der Waals surface area contributed by atoms with Gasteiger partial charge in [0.05, 0.1) is 0 Å². The first kappa shape index (κ1) is 33.6. The largest absolute Gasteiger partial charge is 1.00 e. The summed E-state index contributed by atoms with van der Waals surface area (Å²) in [5.74, 6) is 0. The summed E-state index contributed by atoms with van der Waals surface area (Å²) in [6.07, 6.45) is 13.5. The van der Waals surface area contributed by atoms with Crippen molar-refractivity contribution in [3.05, 3.63) is 90.8 Å². The van der Waals surface area contributed by atoms with Crippen LogP contribution in [0.1, 0.15) is 132 Å². The van der Waals surface area contributed by atoms with Crippen molar-refractivity contribution >= 4 is 14.4 Å². The van der Waals surface area contributed by atoms with E-state index in [2.05, 4.69) is 125 Å². The summed E-state index contributed by atoms with van der Waals surface area (Å²) in [4.78, 5) is 0. The molecule has 0 N–H and O–H groups in total. The van der Waals surface area contributed by atoms with Crippen LogP contribution in [-0.4, -0.2) is 3.21 Å². The molecule has 6 rings (SSSR count). The molecule has 3 heteroatoms. The molecular weight excluding hydrogens is 631 g/mol. The minimum Gasteiger partial charge on any atom is -1.00 e. The Labute approximate surface area is 275 Å². The van der Waals surface area contributed by atoms with Crippen molar-refractivity contribution in [2.45, 2.75) is 110 Å². The third-order valence-electron chi connectivity index (χ3n) is 10.3. The normalized spacial score (nSPS) is 19.3. The van der Waals surface area contributed by atoms with E-state index in [1.54, 1.807) is 34.3 Å². The Kier molecular flexibility index (Phi) is 9.02. The molecule has 0 unspecified atom stereocenters. The molecule has 0 radical (unpaired) electrons. The van der Waals surface area contributed by atoms with Crippen LogP contribution in [0.2, 0.25) is 0 Å². The maximum atomic E-state index is 2.69. The fraction of sp³-hybridized carbons (Fsp3) is 0.462. The second kappa shape index (κ2) is 11.3. The summed E-state index contributed by atoms with van der Waals surface area (Å²) >= 11 is -2.28. The average molecular weight is 679 g/mol. The van der Waals surface area contributed by atoms with Gasteiger partial charge in [0, 0.05) is 0 Å². The third kappa shape index (κ3) is 5.33. The van der Waals surface area contributed by atoms with Gasteiger partial charge in [0.15, 0.2) is 0 Å². The molecule has 2 aromatic rings. The third-order valence-corrected chi connectivity index (χ3v) is 18.5. The number of benzene rings is 2. The number of rotatable bonds is 2. The van der Waals surface area contributed by atoms with Crippen molar-refractivity contribution in [3.8, 4) is 11.1 Å². The van der Waals surface area contributed by atoms with E-state index in [1.165, 1.54) is 33.4 Å². The van der Waals surface area contributed by atoms with Gasteiger partial charge in [-0.2, -0.15) is 0 Å². The minimum atomic E-state index is -2.28. The number of allylic oxidation sites excluding steroid dienone is 8. The van der Waals surface area contributed by atoms with Gasteiger partial charge in [-0.05, 0) is 0 Å². The molecule has 0 aliphatic heterocycles. The first-order valence-corrected chi connectivity index (χ1v) is 19.3. The molecule has 42 heavy (non-hydrogen) atoms. The van der Waals surface area contributed by atoms with E-state index in [9.17, 15) is 0 Å². The topological polar surface area (TPSA) is 0 Å². The number of hydrogen-bond acceptors (Lipinski definition) is 0. The molecular formula is C39H48Cl2Zr. The monoisotopic (exact) mass is 676 g/mol. The molecule has 222 valence electrons. The van der Waals surface area contributed by atoms with Gasteiger partial charge >= 0.3 is 253 Å². The molecule has 0 heterocycles. The zero-order valence-electron chi connectivity index (χ0n) is 27.6. The SMILES string of the molecule is CC1=CCC(C)(C)c2cc3c(cc21)-c1cc2c(cc1[CH]3[Zr+2]([C]1=CC(C(C)(C)C)=CC1)=[C](C)C)C(C)(C)CC=C2C.[Cl-].[Cl-]. The predicted molar refractivity (Wildman–Crippen MR) is 173 cm³/mol. The first-order chi connectivity index (χ1) is 18.6. The van der Waals surface area contributed by atoms with E-state index in [4.69, 9.17) is 0 Å². The predicted octanol–water partition coefficient (Wildman–Crippen LogP) is 5.02. The summed E-state index contributed by atoms with van der Waals surface area (Å²) in [7, 11) is 0. The van der Waals surface area contributed by atoms with Gasteiger partial charge in [-0.25, -0.2) is 0 Å². The van der Waals surface area contributed by atoms with Crippen molar-refractivity contribution in [3.63, 3.8) is 0 Å². The van der Waals surface area contributed by atoms with Gasteiger partial charge in [-0.3, -0.25) is 0 Å². The van der Waals surface area contributed by atoms with Gasteiger partial charge in [-0.15, -0.1) is 0 Å². The zero-order chi connectivity index (χ0) is 28.9. The van der Waals surface area contributed by atoms with Gasteiger partial charge < -0.3 is 24.8 Å². The molecule has 0 fully saturated rings. The van der Waals surface area contributed by atoms with Gasteiger partial charge in [-0.1, -0.05) is 0 Å². The Hall–Kier alpha value is -1.27. The Balaban J connectivity index is 0.00000202. The van der Waals surface area contributed by atoms with E-state index < -0.39 is 21.3 Å². The van der Waals surface area contributed by atoms with Crippen LogP contribution in [0.25, 0.3) is 22.3 Å². The van der Waals surface area contributed by atoms with Crippen LogP contribution in [0.4, 0.5) is 0 Å². The molecule has 4 aliphatic rings. The molecule has 0 amide bonds. The van der Waals surface area contributed by atoms with Crippen LogP contribution in [0.15, 0.2) is 57.4 Å². The molecule has 4 aliphatic carbocycles. The molecule has 0 bridgehead atoms. The molecule has 2 aromatic carbocycles. The maximum Gasteiger partial charge on any atom is -1.00 e. The van der Waals surface area contributed by atoms with Crippen molar-refractivity contribution in [1.82, 2.24) is 0 Å². The second-order valence-electron chi connectivity index (χ2n) is 15.6. The maximum absolute atomic E-state index is 2.69. The van der Waals surface area contributed by atoms with Gasteiger partial charge in [0.2, 0.25) is 0 Å². The summed E-state index contributed by atoms with van der Waals surface area (Å²) in [6.45, 7) is 26.5. The molecule has 0 atom stereocenters. The van der Waals surface area contributed by atoms with Crippen LogP contribution in [0.3, 0.4) is 0 Å². The average Bonchev–Trinajstić information content (AvgIpc) is 3.47. The van der Waals surface area contributed by atoms with Crippen LogP contribution < -0.4 is 24.8 Å². The smallest absolute Gasteiger partial charge is 1.00 e. The Morgan fingerprint density at radius 1 is 0.714 bits per heavy atom. The van der Waals surface area contributed by atoms with Crippen LogP contribution >= 0.6 is 0 Å². The van der Waals surface area contributed by atoms with E-state index in [0.717, 1.165) is 19.3 Å². The first-order valence-electron chi connectivity index (χ1n) is 15.4. The van der Waals surface area contributed by atoms with Crippen LogP contribution in [0, 0.1) is 5.41 Å². The number of fused-ring (bicyclic) bond motifs is 5. The van der Waals surface area contributed by atoms with E-state index in [-0.39, 0.29) is 41.1 Å². The summed E-state index contributed by atoms with van der Waals surface area (Å²) in [5.41, 5.74) is 17.4. The number of hydrogen-bond donors (Lipinski definition) is 0. The minimum absolute atomic E-state index is 0. The summed E-state index contributed by atoms with van der Waals surface area (Å²) < 4.78 is 4.07. The Bertz CT molecular complexity index is 1540. The van der Waals surface area contributed by atoms with Crippen molar-refractivity contribution < 1.29 is 46.1 Å². The fourth-order valence-electron chi connectivity index (χ4n) is 7.72. The summed E-state index contributed by atoms with van der Waals surface area (Å²) in [6, 6.07) is 10.6. The summed E-state index contributed by atoms with van der Waals surface area (Å²) in [5, 5.41) is 0. The van der Waals surface area contributed by atoms with Gasteiger partial charge in [0.1, 0.15) is 0 Å². The Morgan fingerprint density at radius 2 is 1.17 bits per heavy atom. The van der Waals surface area contributed by atoms with E-state index >= 15 is 0 Å². The van der Waals surface area contributed by atoms with Crippen molar-refractivity contribution in [2.75, 3.05) is 0 Å². The molecule has 0 saturated carbocycles. The Morgan fingerprint density at radius 3 is 1.55 bits per heavy atom. The quantitative estimate of drug-likeness (QED) is 0.419. The van der Waals surface area contributed by atoms with E-state index in [1.807, 2.05) is 0 Å². The van der Waals surface area contributed by atoms with Crippen molar-refractivity contribution in [1.29, 1.82) is 0 Å². The molecule has 0 saturated heterocycles. The van der Waals surface area contributed by atoms with Crippen LogP contribution in [-0.2, 0) is 32.1 Å². The van der Waals surface area contributed by atoms with Gasteiger partial charge in [0.25, 0.3) is 0 Å². The molecule has 0 nitrogen and oxygen atoms in total. The number of halogens is 2.